The zero-order chi connectivity index (χ0) is 16.5. The van der Waals surface area contributed by atoms with Crippen LogP contribution in [0.3, 0.4) is 0 Å². The lowest BCUT2D eigenvalue weighted by Gasteiger charge is -2.38. The largest absolute Gasteiger partial charge is 0.303 e. The molecule has 0 unspecified atom stereocenters. The van der Waals surface area contributed by atoms with Gasteiger partial charge in [-0.05, 0) is 19.6 Å². The molecule has 0 aromatic heterocycles. The van der Waals surface area contributed by atoms with Crippen molar-refractivity contribution in [2.75, 3.05) is 98.2 Å². The minimum atomic E-state index is 1.18. The van der Waals surface area contributed by atoms with Gasteiger partial charge < -0.3 is 9.80 Å². The molecule has 0 N–H and O–H groups in total. The minimum absolute atomic E-state index is 1.18. The van der Waals surface area contributed by atoms with Gasteiger partial charge in [-0.25, -0.2) is 0 Å². The van der Waals surface area contributed by atoms with E-state index in [9.17, 15) is 0 Å². The van der Waals surface area contributed by atoms with Crippen molar-refractivity contribution in [1.29, 1.82) is 0 Å². The third-order valence-electron chi connectivity index (χ3n) is 5.74. The van der Waals surface area contributed by atoms with Gasteiger partial charge in [0.2, 0.25) is 0 Å². The third-order valence-corrected chi connectivity index (χ3v) is 5.74. The summed E-state index contributed by atoms with van der Waals surface area (Å²) < 4.78 is 0. The first kappa shape index (κ1) is 19.1. The highest BCUT2D eigenvalue weighted by atomic mass is 15.3. The normalized spacial score (nSPS) is 23.0. The topological polar surface area (TPSA) is 16.2 Å². The van der Waals surface area contributed by atoms with Crippen LogP contribution in [-0.2, 0) is 0 Å². The number of likely N-dealkylation sites (N-methyl/N-ethyl adjacent to an activating group) is 2. The molecular formula is C18H39N5. The van der Waals surface area contributed by atoms with Crippen molar-refractivity contribution in [3.8, 4) is 0 Å². The summed E-state index contributed by atoms with van der Waals surface area (Å²) in [6.07, 6.45) is 0. The van der Waals surface area contributed by atoms with Gasteiger partial charge in [0.15, 0.2) is 0 Å². The van der Waals surface area contributed by atoms with Crippen molar-refractivity contribution in [2.24, 2.45) is 0 Å². The van der Waals surface area contributed by atoms with Gasteiger partial charge in [0.25, 0.3) is 0 Å². The molecule has 0 radical (unpaired) electrons. The average Bonchev–Trinajstić information content (AvgIpc) is 2.62. The van der Waals surface area contributed by atoms with Crippen LogP contribution in [0.15, 0.2) is 0 Å². The van der Waals surface area contributed by atoms with E-state index in [-0.39, 0.29) is 0 Å². The van der Waals surface area contributed by atoms with Gasteiger partial charge in [0.05, 0.1) is 0 Å². The van der Waals surface area contributed by atoms with Gasteiger partial charge in [-0.3, -0.25) is 14.7 Å². The Morgan fingerprint density at radius 2 is 0.957 bits per heavy atom. The van der Waals surface area contributed by atoms with E-state index in [1.165, 1.54) is 98.2 Å². The second-order valence-corrected chi connectivity index (χ2v) is 6.99. The molecule has 5 heteroatoms. The number of rotatable bonds is 9. The Kier molecular flexibility index (Phi) is 8.83. The second kappa shape index (κ2) is 10.6. The quantitative estimate of drug-likeness (QED) is 0.615. The van der Waals surface area contributed by atoms with Crippen LogP contribution in [0.25, 0.3) is 0 Å². The molecule has 5 nitrogen and oxygen atoms in total. The van der Waals surface area contributed by atoms with Crippen LogP contribution >= 0.6 is 0 Å². The molecule has 0 aromatic carbocycles. The SMILES string of the molecule is CCN(CC)CCN1CCN(CCN2CCN(CC)CC2)CC1. The predicted molar refractivity (Wildman–Crippen MR) is 99.2 cm³/mol. The maximum absolute atomic E-state index is 2.67. The second-order valence-electron chi connectivity index (χ2n) is 6.99. The molecule has 0 aromatic rings. The van der Waals surface area contributed by atoms with E-state index in [2.05, 4.69) is 45.3 Å². The summed E-state index contributed by atoms with van der Waals surface area (Å²) in [5.74, 6) is 0. The molecule has 2 aliphatic heterocycles. The number of nitrogens with zero attached hydrogens (tertiary/aromatic N) is 5. The lowest BCUT2D eigenvalue weighted by atomic mass is 10.2. The van der Waals surface area contributed by atoms with E-state index in [1.807, 2.05) is 0 Å². The zero-order valence-corrected chi connectivity index (χ0v) is 15.8. The molecule has 136 valence electrons. The number of hydrogen-bond donors (Lipinski definition) is 0. The first-order valence-corrected chi connectivity index (χ1v) is 9.86. The fourth-order valence-electron chi connectivity index (χ4n) is 3.67. The summed E-state index contributed by atoms with van der Waals surface area (Å²) in [6, 6.07) is 0. The van der Waals surface area contributed by atoms with Crippen molar-refractivity contribution in [3.05, 3.63) is 0 Å². The highest BCUT2D eigenvalue weighted by Crippen LogP contribution is 2.05. The van der Waals surface area contributed by atoms with E-state index >= 15 is 0 Å². The Morgan fingerprint density at radius 3 is 1.35 bits per heavy atom. The highest BCUT2D eigenvalue weighted by Gasteiger charge is 2.19. The molecule has 0 amide bonds. The number of hydrogen-bond acceptors (Lipinski definition) is 5. The van der Waals surface area contributed by atoms with Crippen LogP contribution in [0.1, 0.15) is 20.8 Å². The average molecular weight is 326 g/mol. The summed E-state index contributed by atoms with van der Waals surface area (Å²) in [5.41, 5.74) is 0. The first-order chi connectivity index (χ1) is 11.2. The Hall–Kier alpha value is -0.200. The van der Waals surface area contributed by atoms with Crippen LogP contribution in [0, 0.1) is 0 Å². The molecule has 0 bridgehead atoms. The Balaban J connectivity index is 1.54. The predicted octanol–water partition coefficient (Wildman–Crippen LogP) is 0.583. The Morgan fingerprint density at radius 1 is 0.565 bits per heavy atom. The molecule has 0 saturated carbocycles. The summed E-state index contributed by atoms with van der Waals surface area (Å²) in [4.78, 5) is 13.1. The molecule has 2 saturated heterocycles. The summed E-state index contributed by atoms with van der Waals surface area (Å²) in [5, 5.41) is 0. The standard InChI is InChI=1S/C18H39N5/c1-4-19(5-2)7-10-21-13-16-23(17-14-21)18-15-22-11-8-20(6-3)9-12-22/h4-18H2,1-3H3. The number of piperazine rings is 2. The van der Waals surface area contributed by atoms with Crippen molar-refractivity contribution < 1.29 is 0 Å². The van der Waals surface area contributed by atoms with Crippen molar-refractivity contribution in [1.82, 2.24) is 24.5 Å². The van der Waals surface area contributed by atoms with Crippen LogP contribution in [-0.4, -0.2) is 123 Å². The molecule has 0 aliphatic carbocycles. The molecule has 0 spiro atoms. The van der Waals surface area contributed by atoms with Crippen LogP contribution < -0.4 is 0 Å². The van der Waals surface area contributed by atoms with Gasteiger partial charge in [-0.15, -0.1) is 0 Å². The van der Waals surface area contributed by atoms with Crippen LogP contribution in [0.5, 0.6) is 0 Å². The van der Waals surface area contributed by atoms with Gasteiger partial charge in [0, 0.05) is 78.5 Å². The van der Waals surface area contributed by atoms with Crippen LogP contribution in [0.4, 0.5) is 0 Å². The molecule has 2 heterocycles. The summed E-state index contributed by atoms with van der Waals surface area (Å²) in [6.45, 7) is 25.4. The van der Waals surface area contributed by atoms with Crippen LogP contribution in [0.2, 0.25) is 0 Å². The van der Waals surface area contributed by atoms with Crippen molar-refractivity contribution in [2.45, 2.75) is 20.8 Å². The Labute approximate surface area is 144 Å². The molecule has 2 rings (SSSR count). The van der Waals surface area contributed by atoms with E-state index in [4.69, 9.17) is 0 Å². The van der Waals surface area contributed by atoms with Gasteiger partial charge in [-0.2, -0.15) is 0 Å². The molecule has 0 atom stereocenters. The Bertz CT molecular complexity index is 292. The smallest absolute Gasteiger partial charge is 0.0110 e. The lowest BCUT2D eigenvalue weighted by molar-refractivity contribution is 0.0920. The molecular weight excluding hydrogens is 286 g/mol. The fraction of sp³-hybridized carbons (Fsp3) is 1.00. The van der Waals surface area contributed by atoms with Crippen molar-refractivity contribution >= 4 is 0 Å². The van der Waals surface area contributed by atoms with Crippen molar-refractivity contribution in [3.63, 3.8) is 0 Å². The van der Waals surface area contributed by atoms with E-state index in [0.29, 0.717) is 0 Å². The summed E-state index contributed by atoms with van der Waals surface area (Å²) >= 11 is 0. The summed E-state index contributed by atoms with van der Waals surface area (Å²) in [7, 11) is 0. The maximum atomic E-state index is 2.67. The maximum Gasteiger partial charge on any atom is 0.0110 e. The highest BCUT2D eigenvalue weighted by molar-refractivity contribution is 4.76. The molecule has 23 heavy (non-hydrogen) atoms. The minimum Gasteiger partial charge on any atom is -0.303 e. The van der Waals surface area contributed by atoms with E-state index < -0.39 is 0 Å². The van der Waals surface area contributed by atoms with Gasteiger partial charge in [0.1, 0.15) is 0 Å². The first-order valence-electron chi connectivity index (χ1n) is 9.86. The molecule has 2 aliphatic rings. The molecule has 2 fully saturated rings. The lowest BCUT2D eigenvalue weighted by Crippen LogP contribution is -2.52. The van der Waals surface area contributed by atoms with Gasteiger partial charge >= 0.3 is 0 Å². The third kappa shape index (κ3) is 6.67. The van der Waals surface area contributed by atoms with E-state index in [1.54, 1.807) is 0 Å². The fourth-order valence-corrected chi connectivity index (χ4v) is 3.67. The van der Waals surface area contributed by atoms with E-state index in [0.717, 1.165) is 0 Å². The van der Waals surface area contributed by atoms with Gasteiger partial charge in [-0.1, -0.05) is 20.8 Å². The zero-order valence-electron chi connectivity index (χ0n) is 15.8. The monoisotopic (exact) mass is 325 g/mol.